The van der Waals surface area contributed by atoms with Gasteiger partial charge in [0.2, 0.25) is 0 Å². The van der Waals surface area contributed by atoms with E-state index in [2.05, 4.69) is 54.0 Å². The van der Waals surface area contributed by atoms with Crippen LogP contribution in [-0.2, 0) is 4.74 Å². The number of nitrogens with zero attached hydrogens (tertiary/aromatic N) is 1. The molecule has 1 aliphatic rings. The molecule has 1 aliphatic heterocycles. The van der Waals surface area contributed by atoms with Gasteiger partial charge >= 0.3 is 0 Å². The van der Waals surface area contributed by atoms with Gasteiger partial charge in [0.1, 0.15) is 0 Å². The van der Waals surface area contributed by atoms with Crippen molar-refractivity contribution in [2.45, 2.75) is 38.7 Å². The van der Waals surface area contributed by atoms with Crippen LogP contribution in [0.2, 0.25) is 0 Å². The normalized spacial score (nSPS) is 18.3. The van der Waals surface area contributed by atoms with E-state index in [1.807, 2.05) is 0 Å². The number of thiocarbonyl (C=S) groups is 1. The maximum atomic E-state index is 5.52. The van der Waals surface area contributed by atoms with Gasteiger partial charge in [-0.25, -0.2) is 0 Å². The van der Waals surface area contributed by atoms with Crippen LogP contribution in [-0.4, -0.2) is 30.6 Å². The number of rotatable bonds is 5. The molecule has 1 heterocycles. The third kappa shape index (κ3) is 5.44. The molecular formula is C16H23N3OS. The minimum absolute atomic E-state index is 0.275. The standard InChI is InChI=1S/C16H23N3OS/c1-12(2)14-7-5-13(6-8-14)10-18-19-16(21)17-11-15-4-3-9-20-15/h5-8,10,12,15H,3-4,9,11H2,1-2H3,(H2,17,19,21)/b18-10+. The summed E-state index contributed by atoms with van der Waals surface area (Å²) in [5, 5.41) is 7.79. The van der Waals surface area contributed by atoms with Gasteiger partial charge in [0.05, 0.1) is 12.3 Å². The molecule has 114 valence electrons. The van der Waals surface area contributed by atoms with Crippen LogP contribution in [0.25, 0.3) is 0 Å². The number of benzene rings is 1. The van der Waals surface area contributed by atoms with Crippen molar-refractivity contribution in [3.63, 3.8) is 0 Å². The molecule has 0 aliphatic carbocycles. The second kappa shape index (κ2) is 8.10. The Labute approximate surface area is 132 Å². The molecule has 0 amide bonds. The minimum atomic E-state index is 0.275. The first kappa shape index (κ1) is 15.9. The Kier molecular flexibility index (Phi) is 6.14. The number of nitrogens with one attached hydrogen (secondary N) is 2. The number of hydrogen-bond acceptors (Lipinski definition) is 3. The summed E-state index contributed by atoms with van der Waals surface area (Å²) in [6, 6.07) is 8.37. The Balaban J connectivity index is 1.72. The van der Waals surface area contributed by atoms with E-state index >= 15 is 0 Å². The molecule has 0 radical (unpaired) electrons. The average molecular weight is 305 g/mol. The van der Waals surface area contributed by atoms with Crippen molar-refractivity contribution in [3.05, 3.63) is 35.4 Å². The van der Waals surface area contributed by atoms with Crippen LogP contribution in [0, 0.1) is 0 Å². The highest BCUT2D eigenvalue weighted by Crippen LogP contribution is 2.13. The van der Waals surface area contributed by atoms with Crippen molar-refractivity contribution in [2.75, 3.05) is 13.2 Å². The van der Waals surface area contributed by atoms with Crippen LogP contribution in [0.5, 0.6) is 0 Å². The first-order valence-corrected chi connectivity index (χ1v) is 7.84. The van der Waals surface area contributed by atoms with Crippen LogP contribution < -0.4 is 10.7 Å². The third-order valence-corrected chi connectivity index (χ3v) is 3.73. The SMILES string of the molecule is CC(C)c1ccc(/C=N/NC(=S)NCC2CCCO2)cc1. The van der Waals surface area contributed by atoms with Gasteiger partial charge in [-0.05, 0) is 42.1 Å². The summed E-state index contributed by atoms with van der Waals surface area (Å²) in [4.78, 5) is 0. The molecule has 1 atom stereocenters. The molecule has 1 fully saturated rings. The monoisotopic (exact) mass is 305 g/mol. The second-order valence-electron chi connectivity index (χ2n) is 5.54. The van der Waals surface area contributed by atoms with Gasteiger partial charge in [-0.15, -0.1) is 0 Å². The molecule has 2 rings (SSSR count). The lowest BCUT2D eigenvalue weighted by Gasteiger charge is -2.11. The van der Waals surface area contributed by atoms with Crippen LogP contribution >= 0.6 is 12.2 Å². The number of ether oxygens (including phenoxy) is 1. The van der Waals surface area contributed by atoms with E-state index < -0.39 is 0 Å². The molecule has 21 heavy (non-hydrogen) atoms. The summed E-state index contributed by atoms with van der Waals surface area (Å²) in [5.74, 6) is 0.545. The molecule has 1 saturated heterocycles. The molecule has 0 bridgehead atoms. The zero-order chi connectivity index (χ0) is 15.1. The molecule has 0 saturated carbocycles. The molecule has 1 unspecified atom stereocenters. The van der Waals surface area contributed by atoms with Crippen molar-refractivity contribution in [1.82, 2.24) is 10.7 Å². The third-order valence-electron chi connectivity index (χ3n) is 3.50. The molecule has 5 heteroatoms. The molecule has 0 aromatic heterocycles. The molecular weight excluding hydrogens is 282 g/mol. The maximum Gasteiger partial charge on any atom is 0.187 e. The highest BCUT2D eigenvalue weighted by atomic mass is 32.1. The van der Waals surface area contributed by atoms with Crippen molar-refractivity contribution in [1.29, 1.82) is 0 Å². The van der Waals surface area contributed by atoms with Gasteiger partial charge in [-0.2, -0.15) is 5.10 Å². The van der Waals surface area contributed by atoms with Crippen LogP contribution in [0.4, 0.5) is 0 Å². The predicted molar refractivity (Wildman–Crippen MR) is 90.8 cm³/mol. The predicted octanol–water partition coefficient (Wildman–Crippen LogP) is 2.79. The molecule has 1 aromatic rings. The van der Waals surface area contributed by atoms with Crippen LogP contribution in [0.3, 0.4) is 0 Å². The lowest BCUT2D eigenvalue weighted by Crippen LogP contribution is -2.37. The zero-order valence-electron chi connectivity index (χ0n) is 12.6. The van der Waals surface area contributed by atoms with Crippen LogP contribution in [0.1, 0.15) is 43.7 Å². The van der Waals surface area contributed by atoms with E-state index in [9.17, 15) is 0 Å². The average Bonchev–Trinajstić information content (AvgIpc) is 2.99. The fraction of sp³-hybridized carbons (Fsp3) is 0.500. The molecule has 0 spiro atoms. The minimum Gasteiger partial charge on any atom is -0.376 e. The summed E-state index contributed by atoms with van der Waals surface area (Å²) in [5.41, 5.74) is 5.20. The first-order valence-electron chi connectivity index (χ1n) is 7.43. The quantitative estimate of drug-likeness (QED) is 0.499. The van der Waals surface area contributed by atoms with Gasteiger partial charge in [0.15, 0.2) is 5.11 Å². The van der Waals surface area contributed by atoms with Crippen molar-refractivity contribution >= 4 is 23.5 Å². The summed E-state index contributed by atoms with van der Waals surface area (Å²) in [6.07, 6.45) is 4.28. The van der Waals surface area contributed by atoms with E-state index in [-0.39, 0.29) is 6.10 Å². The van der Waals surface area contributed by atoms with Gasteiger partial charge in [0.25, 0.3) is 0 Å². The van der Waals surface area contributed by atoms with Crippen molar-refractivity contribution in [2.24, 2.45) is 5.10 Å². The van der Waals surface area contributed by atoms with E-state index in [0.717, 1.165) is 31.6 Å². The van der Waals surface area contributed by atoms with Gasteiger partial charge in [-0.3, -0.25) is 5.43 Å². The van der Waals surface area contributed by atoms with Crippen LogP contribution in [0.15, 0.2) is 29.4 Å². The molecule has 1 aromatic carbocycles. The molecule has 4 nitrogen and oxygen atoms in total. The summed E-state index contributed by atoms with van der Waals surface area (Å²) in [7, 11) is 0. The van der Waals surface area contributed by atoms with Gasteiger partial charge in [0, 0.05) is 13.2 Å². The fourth-order valence-electron chi connectivity index (χ4n) is 2.18. The Morgan fingerprint density at radius 2 is 2.19 bits per heavy atom. The maximum absolute atomic E-state index is 5.52. The highest BCUT2D eigenvalue weighted by molar-refractivity contribution is 7.80. The summed E-state index contributed by atoms with van der Waals surface area (Å²) < 4.78 is 5.52. The first-order chi connectivity index (χ1) is 10.1. The smallest absolute Gasteiger partial charge is 0.187 e. The fourth-order valence-corrected chi connectivity index (χ4v) is 2.32. The van der Waals surface area contributed by atoms with E-state index in [4.69, 9.17) is 17.0 Å². The van der Waals surface area contributed by atoms with Gasteiger partial charge < -0.3 is 10.1 Å². The number of hydrazone groups is 1. The Morgan fingerprint density at radius 3 is 2.81 bits per heavy atom. The largest absolute Gasteiger partial charge is 0.376 e. The van der Waals surface area contributed by atoms with Gasteiger partial charge in [-0.1, -0.05) is 38.1 Å². The second-order valence-corrected chi connectivity index (χ2v) is 5.94. The van der Waals surface area contributed by atoms with E-state index in [1.165, 1.54) is 5.56 Å². The lowest BCUT2D eigenvalue weighted by atomic mass is 10.0. The summed E-state index contributed by atoms with van der Waals surface area (Å²) in [6.45, 7) is 5.97. The highest BCUT2D eigenvalue weighted by Gasteiger charge is 2.14. The van der Waals surface area contributed by atoms with E-state index in [0.29, 0.717) is 11.0 Å². The number of hydrogen-bond donors (Lipinski definition) is 2. The zero-order valence-corrected chi connectivity index (χ0v) is 13.5. The van der Waals surface area contributed by atoms with Crippen molar-refractivity contribution in [3.8, 4) is 0 Å². The lowest BCUT2D eigenvalue weighted by molar-refractivity contribution is 0.114. The molecule has 2 N–H and O–H groups in total. The Bertz CT molecular complexity index is 479. The topological polar surface area (TPSA) is 45.7 Å². The van der Waals surface area contributed by atoms with E-state index in [1.54, 1.807) is 6.21 Å². The Morgan fingerprint density at radius 1 is 1.43 bits per heavy atom. The van der Waals surface area contributed by atoms with Crippen molar-refractivity contribution < 1.29 is 4.74 Å². The Hall–Kier alpha value is -1.46. The summed E-state index contributed by atoms with van der Waals surface area (Å²) >= 11 is 5.17.